The van der Waals surface area contributed by atoms with Crippen LogP contribution in [0.5, 0.6) is 11.5 Å². The lowest BCUT2D eigenvalue weighted by molar-refractivity contribution is -0.571. The molecule has 0 aliphatic carbocycles. The number of rotatable bonds is 9. The average Bonchev–Trinajstić information content (AvgIpc) is 2.82. The van der Waals surface area contributed by atoms with Gasteiger partial charge in [0.2, 0.25) is 0 Å². The van der Waals surface area contributed by atoms with Crippen LogP contribution in [0.15, 0.2) is 230 Å². The minimum atomic E-state index is -1.71. The van der Waals surface area contributed by atoms with Gasteiger partial charge >= 0.3 is 0 Å². The molecule has 0 spiro atoms. The molecule has 71 heavy (non-hydrogen) atoms. The number of aromatic nitrogens is 5. The number of nitrogens with zero attached hydrogens (tertiary/aromatic N) is 5. The summed E-state index contributed by atoms with van der Waals surface area (Å²) in [4.78, 5) is 4.92. The highest BCUT2D eigenvalue weighted by molar-refractivity contribution is 6.16. The summed E-state index contributed by atoms with van der Waals surface area (Å²) in [6.45, 7) is 5.66. The molecule has 0 N–H and O–H groups in total. The molecule has 0 saturated carbocycles. The van der Waals surface area contributed by atoms with E-state index in [9.17, 15) is 2.74 Å². The lowest BCUT2D eigenvalue weighted by Crippen LogP contribution is -2.31. The van der Waals surface area contributed by atoms with Crippen molar-refractivity contribution in [2.75, 3.05) is 0 Å². The lowest BCUT2D eigenvalue weighted by atomic mass is 9.88. The van der Waals surface area contributed by atoms with Crippen molar-refractivity contribution in [1.82, 2.24) is 18.7 Å². The lowest BCUT2D eigenvalue weighted by Gasteiger charge is -2.19. The molecule has 4 heterocycles. The van der Waals surface area contributed by atoms with E-state index >= 15 is 0 Å². The molecule has 0 bridgehead atoms. The standard InChI is InChI=1S/C65H49N5O/c1-65(2,3)42-44-36-37-66-62(38-44)70-57-33-15-12-28-54(57)63-60(69-55-31-13-10-26-52(55)53-27-11-14-32-56(53)69)40-49(41-61(63)70)71-48-25-18-24-47(39-48)67-43-68(59-35-17-16-34-58(59)67)64-50(45-20-6-4-7-21-45)29-19-30-51(64)46-22-8-5-9-23-46/h4-41H,42H2,1-3H3/i4D,5D,6D,7D,8D,9D,20D,21D,22D,23D,42D2. The molecule has 0 radical (unpaired) electrons. The van der Waals surface area contributed by atoms with Crippen molar-refractivity contribution in [2.45, 2.75) is 27.1 Å². The summed E-state index contributed by atoms with van der Waals surface area (Å²) in [6.07, 6.45) is 3.42. The zero-order valence-corrected chi connectivity index (χ0v) is 38.8. The summed E-state index contributed by atoms with van der Waals surface area (Å²) < 4.78 is 121. The van der Waals surface area contributed by atoms with Gasteiger partial charge in [-0.25, -0.2) is 4.98 Å². The Kier molecular flexibility index (Phi) is 7.42. The topological polar surface area (TPSA) is 40.8 Å². The van der Waals surface area contributed by atoms with Gasteiger partial charge in [-0.15, -0.1) is 0 Å². The van der Waals surface area contributed by atoms with Crippen molar-refractivity contribution in [3.8, 4) is 56.6 Å². The third-order valence-corrected chi connectivity index (χ3v) is 12.7. The smallest absolute Gasteiger partial charge is 0.269 e. The summed E-state index contributed by atoms with van der Waals surface area (Å²) in [5.41, 5.74) is 6.00. The van der Waals surface area contributed by atoms with Crippen LogP contribution in [0.1, 0.15) is 42.8 Å². The number of hydrogen-bond donors (Lipinski definition) is 0. The summed E-state index contributed by atoms with van der Waals surface area (Å²) in [7, 11) is 0. The Balaban J connectivity index is 1.03. The van der Waals surface area contributed by atoms with Crippen LogP contribution in [0, 0.1) is 11.7 Å². The van der Waals surface area contributed by atoms with Crippen LogP contribution < -0.4 is 9.30 Å². The molecule has 0 atom stereocenters. The first-order valence-electron chi connectivity index (χ1n) is 29.3. The molecular weight excluding hydrogens is 867 g/mol. The molecule has 0 unspecified atom stereocenters. The second-order valence-electron chi connectivity index (χ2n) is 18.4. The Morgan fingerprint density at radius 3 is 1.82 bits per heavy atom. The first-order valence-corrected chi connectivity index (χ1v) is 23.3. The quantitative estimate of drug-likeness (QED) is 0.107. The number of hydrogen-bond acceptors (Lipinski definition) is 2. The van der Waals surface area contributed by atoms with Crippen molar-refractivity contribution in [3.63, 3.8) is 0 Å². The Bertz CT molecular complexity index is 4680. The third-order valence-electron chi connectivity index (χ3n) is 12.7. The van der Waals surface area contributed by atoms with E-state index in [0.29, 0.717) is 39.6 Å². The summed E-state index contributed by atoms with van der Waals surface area (Å²) in [5.74, 6) is 1.44. The van der Waals surface area contributed by atoms with E-state index in [2.05, 4.69) is 45.8 Å². The van der Waals surface area contributed by atoms with E-state index in [1.165, 1.54) is 0 Å². The van der Waals surface area contributed by atoms with Gasteiger partial charge < -0.3 is 9.30 Å². The van der Waals surface area contributed by atoms with Crippen LogP contribution >= 0.6 is 0 Å². The van der Waals surface area contributed by atoms with Crippen molar-refractivity contribution in [2.24, 2.45) is 5.41 Å². The maximum Gasteiger partial charge on any atom is 0.269 e. The highest BCUT2D eigenvalue weighted by Gasteiger charge is 2.24. The zero-order valence-electron chi connectivity index (χ0n) is 50.8. The summed E-state index contributed by atoms with van der Waals surface area (Å²) >= 11 is 0. The molecular formula is C65H49N5O. The fourth-order valence-electron chi connectivity index (χ4n) is 9.96. The van der Waals surface area contributed by atoms with Gasteiger partial charge in [0.05, 0.1) is 63.9 Å². The van der Waals surface area contributed by atoms with Gasteiger partial charge in [-0.2, -0.15) is 0 Å². The van der Waals surface area contributed by atoms with Crippen LogP contribution in [0.2, 0.25) is 0 Å². The van der Waals surface area contributed by atoms with Gasteiger partial charge in [0.15, 0.2) is 0 Å². The van der Waals surface area contributed by atoms with Crippen molar-refractivity contribution < 1.29 is 25.8 Å². The largest absolute Gasteiger partial charge is 0.458 e. The van der Waals surface area contributed by atoms with Crippen LogP contribution in [0.4, 0.5) is 0 Å². The Labute approximate surface area is 429 Å². The number of imidazole rings is 1. The average molecular weight is 928 g/mol. The predicted molar refractivity (Wildman–Crippen MR) is 291 cm³/mol. The molecule has 13 aromatic rings. The van der Waals surface area contributed by atoms with Crippen LogP contribution in [0.25, 0.3) is 99.8 Å². The highest BCUT2D eigenvalue weighted by atomic mass is 16.5. The minimum absolute atomic E-state index is 0.134. The molecule has 0 aliphatic heterocycles. The maximum absolute atomic E-state index is 9.28. The van der Waals surface area contributed by atoms with Crippen molar-refractivity contribution in [3.05, 3.63) is 242 Å². The van der Waals surface area contributed by atoms with E-state index < -0.39 is 72.2 Å². The molecule has 13 rings (SSSR count). The van der Waals surface area contributed by atoms with E-state index in [1.54, 1.807) is 39.6 Å². The zero-order chi connectivity index (χ0) is 58.1. The SMILES string of the molecule is [2H]c1c([2H])c([2H])c(-c2cccc(-c3c([2H])c([2H])c([2H])c([2H])c3[2H])c2-[n+]2[c-]n(-c3cccc(Oc4cc(-n5c6ccccc6c6ccccc65)c5c6ccccc6n(-c6cc(C([2H])([2H])C(C)(C)C)ccn6)c5c4)c3)c3ccccc32)c([2H])c1[2H]. The molecule has 4 aromatic heterocycles. The van der Waals surface area contributed by atoms with Crippen molar-refractivity contribution in [1.29, 1.82) is 0 Å². The molecule has 6 heteroatoms. The van der Waals surface area contributed by atoms with Gasteiger partial charge in [-0.05, 0) is 88.1 Å². The Morgan fingerprint density at radius 2 is 1.15 bits per heavy atom. The number of pyridine rings is 1. The van der Waals surface area contributed by atoms with Gasteiger partial charge in [0, 0.05) is 42.6 Å². The third kappa shape index (κ3) is 7.35. The normalized spacial score (nSPS) is 14.5. The van der Waals surface area contributed by atoms with Crippen LogP contribution in [0.3, 0.4) is 0 Å². The molecule has 0 amide bonds. The van der Waals surface area contributed by atoms with Crippen LogP contribution in [-0.2, 0) is 6.37 Å². The first kappa shape index (κ1) is 31.2. The molecule has 0 saturated heterocycles. The summed E-state index contributed by atoms with van der Waals surface area (Å²) in [6, 6.07) is 46.4. The number of benzene rings is 9. The molecule has 0 fully saturated rings. The highest BCUT2D eigenvalue weighted by Crippen LogP contribution is 2.43. The van der Waals surface area contributed by atoms with Gasteiger partial charge in [0.1, 0.15) is 17.3 Å². The van der Waals surface area contributed by atoms with Gasteiger partial charge in [0.25, 0.3) is 6.33 Å². The van der Waals surface area contributed by atoms with Gasteiger partial charge in [-0.3, -0.25) is 13.7 Å². The fraction of sp³-hybridized carbons (Fsp3) is 0.0769. The monoisotopic (exact) mass is 927 g/mol. The van der Waals surface area contributed by atoms with E-state index in [0.717, 1.165) is 49.3 Å². The molecule has 0 aliphatic rings. The Hall–Kier alpha value is -9.00. The fourth-order valence-corrected chi connectivity index (χ4v) is 9.96. The van der Waals surface area contributed by atoms with E-state index in [1.807, 2.05) is 130 Å². The van der Waals surface area contributed by atoms with E-state index in [4.69, 9.17) is 23.4 Å². The molecule has 9 aromatic carbocycles. The number of fused-ring (bicyclic) bond motifs is 7. The first-order chi connectivity index (χ1) is 39.8. The number of ether oxygens (including phenoxy) is 1. The Morgan fingerprint density at radius 1 is 0.563 bits per heavy atom. The number of para-hydroxylation sites is 6. The second kappa shape index (κ2) is 16.9. The van der Waals surface area contributed by atoms with Crippen LogP contribution in [-0.4, -0.2) is 18.7 Å². The molecule has 6 nitrogen and oxygen atoms in total. The minimum Gasteiger partial charge on any atom is -0.458 e. The maximum atomic E-state index is 9.28. The van der Waals surface area contributed by atoms with Gasteiger partial charge in [-0.1, -0.05) is 184 Å². The second-order valence-corrected chi connectivity index (χ2v) is 18.4. The van der Waals surface area contributed by atoms with E-state index in [-0.39, 0.29) is 27.9 Å². The summed E-state index contributed by atoms with van der Waals surface area (Å²) in [5, 5.41) is 4.01. The van der Waals surface area contributed by atoms with Crippen molar-refractivity contribution >= 4 is 54.6 Å². The molecule has 340 valence electrons. The predicted octanol–water partition coefficient (Wildman–Crippen LogP) is 16.0.